The number of nitriles is 1. The molecule has 2 unspecified atom stereocenters. The minimum Gasteiger partial charge on any atom is -0.465 e. The molecule has 0 saturated carbocycles. The van der Waals surface area contributed by atoms with Gasteiger partial charge in [0, 0.05) is 6.54 Å². The molecule has 1 aliphatic heterocycles. The SMILES string of the molecule is N#CC1CCN(C(=O)O)C(c2ccccc2)C1. The molecule has 1 saturated heterocycles. The van der Waals surface area contributed by atoms with Gasteiger partial charge in [0.25, 0.3) is 0 Å². The topological polar surface area (TPSA) is 64.3 Å². The summed E-state index contributed by atoms with van der Waals surface area (Å²) in [6, 6.07) is 11.6. The first-order chi connectivity index (χ1) is 8.22. The molecule has 88 valence electrons. The highest BCUT2D eigenvalue weighted by atomic mass is 16.4. The van der Waals surface area contributed by atoms with E-state index in [-0.39, 0.29) is 12.0 Å². The first kappa shape index (κ1) is 11.5. The number of hydrogen-bond donors (Lipinski definition) is 1. The average molecular weight is 230 g/mol. The van der Waals surface area contributed by atoms with Gasteiger partial charge in [-0.25, -0.2) is 4.79 Å². The maximum Gasteiger partial charge on any atom is 0.407 e. The van der Waals surface area contributed by atoms with Gasteiger partial charge in [-0.3, -0.25) is 0 Å². The molecule has 1 aromatic rings. The molecule has 4 nitrogen and oxygen atoms in total. The van der Waals surface area contributed by atoms with Gasteiger partial charge in [0.05, 0.1) is 18.0 Å². The van der Waals surface area contributed by atoms with Crippen LogP contribution in [-0.2, 0) is 0 Å². The van der Waals surface area contributed by atoms with E-state index in [2.05, 4.69) is 6.07 Å². The summed E-state index contributed by atoms with van der Waals surface area (Å²) in [4.78, 5) is 12.6. The third-order valence-electron chi connectivity index (χ3n) is 3.22. The van der Waals surface area contributed by atoms with Crippen molar-refractivity contribution in [1.82, 2.24) is 4.90 Å². The molecule has 1 aromatic carbocycles. The fraction of sp³-hybridized carbons (Fsp3) is 0.385. The molecule has 1 N–H and O–H groups in total. The van der Waals surface area contributed by atoms with E-state index in [4.69, 9.17) is 5.26 Å². The van der Waals surface area contributed by atoms with Gasteiger partial charge in [0.15, 0.2) is 0 Å². The summed E-state index contributed by atoms with van der Waals surface area (Å²) in [6.07, 6.45) is 0.314. The van der Waals surface area contributed by atoms with Crippen molar-refractivity contribution in [2.75, 3.05) is 6.54 Å². The molecule has 1 fully saturated rings. The minimum atomic E-state index is -0.907. The van der Waals surface area contributed by atoms with Gasteiger partial charge in [0.2, 0.25) is 0 Å². The van der Waals surface area contributed by atoms with Gasteiger partial charge < -0.3 is 10.0 Å². The molecule has 0 aliphatic carbocycles. The third kappa shape index (κ3) is 2.39. The quantitative estimate of drug-likeness (QED) is 0.806. The summed E-state index contributed by atoms with van der Waals surface area (Å²) in [5.74, 6) is -0.0455. The number of benzene rings is 1. The van der Waals surface area contributed by atoms with E-state index in [0.717, 1.165) is 5.56 Å². The fourth-order valence-corrected chi connectivity index (χ4v) is 2.30. The van der Waals surface area contributed by atoms with Crippen LogP contribution in [0.15, 0.2) is 30.3 Å². The van der Waals surface area contributed by atoms with Crippen LogP contribution >= 0.6 is 0 Å². The van der Waals surface area contributed by atoms with Gasteiger partial charge in [0.1, 0.15) is 0 Å². The van der Waals surface area contributed by atoms with Gasteiger partial charge in [-0.15, -0.1) is 0 Å². The van der Waals surface area contributed by atoms with Crippen molar-refractivity contribution < 1.29 is 9.90 Å². The van der Waals surface area contributed by atoms with Crippen LogP contribution in [0.25, 0.3) is 0 Å². The Bertz CT molecular complexity index is 438. The molecule has 0 radical (unpaired) electrons. The van der Waals surface area contributed by atoms with Crippen molar-refractivity contribution in [2.24, 2.45) is 5.92 Å². The maximum atomic E-state index is 11.2. The average Bonchev–Trinajstić information content (AvgIpc) is 2.39. The van der Waals surface area contributed by atoms with E-state index in [0.29, 0.717) is 19.4 Å². The van der Waals surface area contributed by atoms with Crippen molar-refractivity contribution in [3.63, 3.8) is 0 Å². The summed E-state index contributed by atoms with van der Waals surface area (Å²) in [5, 5.41) is 18.1. The Hall–Kier alpha value is -2.02. The summed E-state index contributed by atoms with van der Waals surface area (Å²) >= 11 is 0. The normalized spacial score (nSPS) is 24.1. The third-order valence-corrected chi connectivity index (χ3v) is 3.22. The van der Waals surface area contributed by atoms with Crippen LogP contribution in [0.5, 0.6) is 0 Å². The molecule has 2 rings (SSSR count). The van der Waals surface area contributed by atoms with Crippen LogP contribution in [0.2, 0.25) is 0 Å². The van der Waals surface area contributed by atoms with Gasteiger partial charge in [-0.1, -0.05) is 30.3 Å². The molecule has 0 aromatic heterocycles. The summed E-state index contributed by atoms with van der Waals surface area (Å²) < 4.78 is 0. The number of likely N-dealkylation sites (tertiary alicyclic amines) is 1. The molecule has 1 heterocycles. The predicted molar refractivity (Wildman–Crippen MR) is 62.3 cm³/mol. The Morgan fingerprint density at radius 1 is 1.41 bits per heavy atom. The summed E-state index contributed by atoms with van der Waals surface area (Å²) in [5.41, 5.74) is 0.967. The van der Waals surface area contributed by atoms with Crippen molar-refractivity contribution in [2.45, 2.75) is 18.9 Å². The van der Waals surface area contributed by atoms with E-state index >= 15 is 0 Å². The Kier molecular flexibility index (Phi) is 3.29. The number of hydrogen-bond acceptors (Lipinski definition) is 2. The zero-order valence-corrected chi connectivity index (χ0v) is 9.41. The number of carboxylic acid groups (broad SMARTS) is 1. The monoisotopic (exact) mass is 230 g/mol. The lowest BCUT2D eigenvalue weighted by Crippen LogP contribution is -2.40. The molecule has 0 spiro atoms. The van der Waals surface area contributed by atoms with Gasteiger partial charge in [-0.05, 0) is 18.4 Å². The highest BCUT2D eigenvalue weighted by Gasteiger charge is 2.32. The van der Waals surface area contributed by atoms with Gasteiger partial charge >= 0.3 is 6.09 Å². The van der Waals surface area contributed by atoms with E-state index in [1.165, 1.54) is 4.90 Å². The molecule has 4 heteroatoms. The van der Waals surface area contributed by atoms with E-state index in [9.17, 15) is 9.90 Å². The molecule has 1 aliphatic rings. The van der Waals surface area contributed by atoms with Crippen LogP contribution in [0.3, 0.4) is 0 Å². The first-order valence-corrected chi connectivity index (χ1v) is 5.66. The lowest BCUT2D eigenvalue weighted by atomic mass is 9.88. The van der Waals surface area contributed by atoms with Crippen LogP contribution < -0.4 is 0 Å². The zero-order chi connectivity index (χ0) is 12.3. The first-order valence-electron chi connectivity index (χ1n) is 5.66. The molecular formula is C13H14N2O2. The largest absolute Gasteiger partial charge is 0.465 e. The summed E-state index contributed by atoms with van der Waals surface area (Å²) in [7, 11) is 0. The summed E-state index contributed by atoms with van der Waals surface area (Å²) in [6.45, 7) is 0.438. The van der Waals surface area contributed by atoms with Crippen molar-refractivity contribution in [3.05, 3.63) is 35.9 Å². The predicted octanol–water partition coefficient (Wildman–Crippen LogP) is 2.64. The van der Waals surface area contributed by atoms with Crippen LogP contribution in [-0.4, -0.2) is 22.6 Å². The van der Waals surface area contributed by atoms with Crippen molar-refractivity contribution in [1.29, 1.82) is 5.26 Å². The lowest BCUT2D eigenvalue weighted by molar-refractivity contribution is 0.0978. The number of rotatable bonds is 1. The highest BCUT2D eigenvalue weighted by molar-refractivity contribution is 5.66. The Labute approximate surface area is 100 Å². The second kappa shape index (κ2) is 4.88. The second-order valence-electron chi connectivity index (χ2n) is 4.25. The molecular weight excluding hydrogens is 216 g/mol. The highest BCUT2D eigenvalue weighted by Crippen LogP contribution is 2.33. The second-order valence-corrected chi connectivity index (χ2v) is 4.25. The number of piperidine rings is 1. The zero-order valence-electron chi connectivity index (χ0n) is 9.41. The van der Waals surface area contributed by atoms with Crippen molar-refractivity contribution >= 4 is 6.09 Å². The fourth-order valence-electron chi connectivity index (χ4n) is 2.30. The van der Waals surface area contributed by atoms with Gasteiger partial charge in [-0.2, -0.15) is 5.26 Å². The Morgan fingerprint density at radius 3 is 2.71 bits per heavy atom. The van der Waals surface area contributed by atoms with Crippen molar-refractivity contribution in [3.8, 4) is 6.07 Å². The molecule has 0 bridgehead atoms. The van der Waals surface area contributed by atoms with E-state index in [1.54, 1.807) is 0 Å². The standard InChI is InChI=1S/C13H14N2O2/c14-9-10-6-7-15(13(16)17)12(8-10)11-4-2-1-3-5-11/h1-5,10,12H,6-8H2,(H,16,17). The van der Waals surface area contributed by atoms with Crippen LogP contribution in [0.1, 0.15) is 24.4 Å². The minimum absolute atomic E-state index is 0.0455. The Morgan fingerprint density at radius 2 is 2.12 bits per heavy atom. The lowest BCUT2D eigenvalue weighted by Gasteiger charge is -2.35. The molecule has 1 amide bonds. The molecule has 2 atom stereocenters. The maximum absolute atomic E-state index is 11.2. The number of amides is 1. The number of nitrogens with zero attached hydrogens (tertiary/aromatic N) is 2. The Balaban J connectivity index is 2.26. The number of carbonyl (C=O) groups is 1. The van der Waals surface area contributed by atoms with E-state index in [1.807, 2.05) is 30.3 Å². The van der Waals surface area contributed by atoms with Crippen LogP contribution in [0.4, 0.5) is 4.79 Å². The molecule has 17 heavy (non-hydrogen) atoms. The smallest absolute Gasteiger partial charge is 0.407 e. The van der Waals surface area contributed by atoms with Crippen LogP contribution in [0, 0.1) is 17.2 Å². The van der Waals surface area contributed by atoms with E-state index < -0.39 is 6.09 Å².